The van der Waals surface area contributed by atoms with Crippen molar-refractivity contribution in [2.45, 2.75) is 57.7 Å². The van der Waals surface area contributed by atoms with Crippen LogP contribution in [0.4, 0.5) is 0 Å². The normalized spacial score (nSPS) is 19.3. The average molecular weight is 250 g/mol. The predicted octanol–water partition coefficient (Wildman–Crippen LogP) is 3.02. The smallest absolute Gasteiger partial charge is 0.117 e. The van der Waals surface area contributed by atoms with E-state index in [4.69, 9.17) is 4.42 Å². The number of furan rings is 1. The van der Waals surface area contributed by atoms with Gasteiger partial charge in [-0.05, 0) is 38.9 Å². The van der Waals surface area contributed by atoms with Gasteiger partial charge in [-0.3, -0.25) is 4.90 Å². The average Bonchev–Trinajstić information content (AvgIpc) is 2.90. The van der Waals surface area contributed by atoms with Gasteiger partial charge >= 0.3 is 0 Å². The van der Waals surface area contributed by atoms with E-state index >= 15 is 0 Å². The van der Waals surface area contributed by atoms with Crippen molar-refractivity contribution in [1.82, 2.24) is 10.2 Å². The van der Waals surface area contributed by atoms with E-state index in [1.807, 2.05) is 12.1 Å². The third-order valence-corrected chi connectivity index (χ3v) is 4.04. The Labute approximate surface area is 111 Å². The Morgan fingerprint density at radius 2 is 2.17 bits per heavy atom. The molecule has 3 heteroatoms. The number of rotatable bonds is 6. The molecule has 0 spiro atoms. The fraction of sp³-hybridized carbons (Fsp3) is 0.733. The van der Waals surface area contributed by atoms with Gasteiger partial charge in [0.1, 0.15) is 5.76 Å². The molecule has 0 aliphatic heterocycles. The second kappa shape index (κ2) is 6.95. The molecular weight excluding hydrogens is 224 g/mol. The number of nitrogens with zero attached hydrogens (tertiary/aromatic N) is 1. The van der Waals surface area contributed by atoms with Crippen LogP contribution in [0.5, 0.6) is 0 Å². The molecule has 0 amide bonds. The fourth-order valence-electron chi connectivity index (χ4n) is 2.60. The first-order valence-electron chi connectivity index (χ1n) is 7.21. The summed E-state index contributed by atoms with van der Waals surface area (Å²) in [6.45, 7) is 4.24. The molecule has 18 heavy (non-hydrogen) atoms. The van der Waals surface area contributed by atoms with E-state index in [-0.39, 0.29) is 0 Å². The van der Waals surface area contributed by atoms with Gasteiger partial charge in [0.15, 0.2) is 0 Å². The topological polar surface area (TPSA) is 28.4 Å². The van der Waals surface area contributed by atoms with Crippen LogP contribution in [-0.4, -0.2) is 30.6 Å². The Morgan fingerprint density at radius 3 is 2.83 bits per heavy atom. The van der Waals surface area contributed by atoms with Crippen LogP contribution in [0.15, 0.2) is 22.8 Å². The monoisotopic (exact) mass is 250 g/mol. The minimum absolute atomic E-state index is 0.539. The minimum atomic E-state index is 0.539. The van der Waals surface area contributed by atoms with Crippen molar-refractivity contribution in [3.63, 3.8) is 0 Å². The molecule has 2 rings (SSSR count). The molecule has 1 aliphatic carbocycles. The van der Waals surface area contributed by atoms with Crippen molar-refractivity contribution in [2.24, 2.45) is 0 Å². The van der Waals surface area contributed by atoms with Crippen molar-refractivity contribution < 1.29 is 4.42 Å². The molecule has 1 aromatic heterocycles. The molecule has 1 heterocycles. The zero-order chi connectivity index (χ0) is 12.8. The Kier molecular flexibility index (Phi) is 5.26. The summed E-state index contributed by atoms with van der Waals surface area (Å²) in [4.78, 5) is 2.34. The summed E-state index contributed by atoms with van der Waals surface area (Å²) in [5.41, 5.74) is 0. The lowest BCUT2D eigenvalue weighted by Crippen LogP contribution is -2.42. The van der Waals surface area contributed by atoms with E-state index in [0.29, 0.717) is 6.04 Å². The molecule has 102 valence electrons. The summed E-state index contributed by atoms with van der Waals surface area (Å²) in [5, 5.41) is 3.71. The summed E-state index contributed by atoms with van der Waals surface area (Å²) in [7, 11) is 2.16. The zero-order valence-corrected chi connectivity index (χ0v) is 11.7. The molecule has 1 atom stereocenters. The molecule has 1 saturated carbocycles. The standard InChI is InChI=1S/C15H26N2O/c1-13(11-16-14-7-4-3-5-8-14)17(2)12-15-9-6-10-18-15/h6,9-10,13-14,16H,3-5,7-8,11-12H2,1-2H3. The second-order valence-electron chi connectivity index (χ2n) is 5.59. The Hall–Kier alpha value is -0.800. The van der Waals surface area contributed by atoms with Gasteiger partial charge < -0.3 is 9.73 Å². The molecule has 0 saturated heterocycles. The van der Waals surface area contributed by atoms with Gasteiger partial charge in [-0.2, -0.15) is 0 Å². The van der Waals surface area contributed by atoms with Crippen molar-refractivity contribution in [2.75, 3.05) is 13.6 Å². The molecule has 3 nitrogen and oxygen atoms in total. The summed E-state index contributed by atoms with van der Waals surface area (Å²) in [6.07, 6.45) is 8.67. The van der Waals surface area contributed by atoms with Gasteiger partial charge in [-0.25, -0.2) is 0 Å². The molecule has 1 N–H and O–H groups in total. The molecule has 0 bridgehead atoms. The van der Waals surface area contributed by atoms with Gasteiger partial charge in [0.05, 0.1) is 12.8 Å². The van der Waals surface area contributed by atoms with Crippen LogP contribution in [0.3, 0.4) is 0 Å². The van der Waals surface area contributed by atoms with Crippen molar-refractivity contribution in [3.05, 3.63) is 24.2 Å². The van der Waals surface area contributed by atoms with Crippen LogP contribution in [0.1, 0.15) is 44.8 Å². The van der Waals surface area contributed by atoms with E-state index in [1.165, 1.54) is 32.1 Å². The quantitative estimate of drug-likeness (QED) is 0.841. The van der Waals surface area contributed by atoms with E-state index in [2.05, 4.69) is 24.2 Å². The van der Waals surface area contributed by atoms with Gasteiger partial charge in [0.25, 0.3) is 0 Å². The first-order valence-corrected chi connectivity index (χ1v) is 7.21. The largest absolute Gasteiger partial charge is 0.468 e. The number of hydrogen-bond donors (Lipinski definition) is 1. The highest BCUT2D eigenvalue weighted by Gasteiger charge is 2.16. The van der Waals surface area contributed by atoms with Gasteiger partial charge in [-0.15, -0.1) is 0 Å². The molecule has 1 aliphatic rings. The lowest BCUT2D eigenvalue weighted by atomic mass is 9.95. The second-order valence-corrected chi connectivity index (χ2v) is 5.59. The summed E-state index contributed by atoms with van der Waals surface area (Å²) in [6, 6.07) is 5.28. The third kappa shape index (κ3) is 4.14. The van der Waals surface area contributed by atoms with Crippen LogP contribution in [0.25, 0.3) is 0 Å². The highest BCUT2D eigenvalue weighted by atomic mass is 16.3. The SMILES string of the molecule is CC(CNC1CCCCC1)N(C)Cc1ccco1. The van der Waals surface area contributed by atoms with Crippen molar-refractivity contribution in [3.8, 4) is 0 Å². The maximum Gasteiger partial charge on any atom is 0.117 e. The van der Waals surface area contributed by atoms with Crippen molar-refractivity contribution >= 4 is 0 Å². The number of likely N-dealkylation sites (N-methyl/N-ethyl adjacent to an activating group) is 1. The van der Waals surface area contributed by atoms with Crippen LogP contribution in [0.2, 0.25) is 0 Å². The maximum absolute atomic E-state index is 5.39. The lowest BCUT2D eigenvalue weighted by Gasteiger charge is -2.28. The van der Waals surface area contributed by atoms with Crippen LogP contribution < -0.4 is 5.32 Å². The molecular formula is C15H26N2O. The lowest BCUT2D eigenvalue weighted by molar-refractivity contribution is 0.214. The highest BCUT2D eigenvalue weighted by molar-refractivity contribution is 4.98. The van der Waals surface area contributed by atoms with Gasteiger partial charge in [0, 0.05) is 18.6 Å². The van der Waals surface area contributed by atoms with E-state index in [0.717, 1.165) is 24.9 Å². The maximum atomic E-state index is 5.39. The molecule has 1 aromatic rings. The Morgan fingerprint density at radius 1 is 1.39 bits per heavy atom. The Bertz CT molecular complexity index is 317. The third-order valence-electron chi connectivity index (χ3n) is 4.04. The summed E-state index contributed by atoms with van der Waals surface area (Å²) >= 11 is 0. The van der Waals surface area contributed by atoms with Crippen LogP contribution in [-0.2, 0) is 6.54 Å². The van der Waals surface area contributed by atoms with E-state index < -0.39 is 0 Å². The minimum Gasteiger partial charge on any atom is -0.468 e. The molecule has 1 fully saturated rings. The summed E-state index contributed by atoms with van der Waals surface area (Å²) in [5.74, 6) is 1.04. The van der Waals surface area contributed by atoms with Gasteiger partial charge in [0.2, 0.25) is 0 Å². The van der Waals surface area contributed by atoms with E-state index in [9.17, 15) is 0 Å². The Balaban J connectivity index is 1.68. The van der Waals surface area contributed by atoms with Crippen LogP contribution >= 0.6 is 0 Å². The zero-order valence-electron chi connectivity index (χ0n) is 11.7. The first-order chi connectivity index (χ1) is 8.75. The van der Waals surface area contributed by atoms with E-state index in [1.54, 1.807) is 6.26 Å². The molecule has 1 unspecified atom stereocenters. The molecule has 0 aromatic carbocycles. The van der Waals surface area contributed by atoms with Gasteiger partial charge in [-0.1, -0.05) is 19.3 Å². The predicted molar refractivity (Wildman–Crippen MR) is 74.5 cm³/mol. The highest BCUT2D eigenvalue weighted by Crippen LogP contribution is 2.17. The number of hydrogen-bond acceptors (Lipinski definition) is 3. The first kappa shape index (κ1) is 13.6. The fourth-order valence-corrected chi connectivity index (χ4v) is 2.60. The summed E-state index contributed by atoms with van der Waals surface area (Å²) < 4.78 is 5.39. The van der Waals surface area contributed by atoms with Crippen molar-refractivity contribution in [1.29, 1.82) is 0 Å². The number of nitrogens with one attached hydrogen (secondary N) is 1. The molecule has 0 radical (unpaired) electrons. The van der Waals surface area contributed by atoms with Crippen LogP contribution in [0, 0.1) is 0 Å².